The summed E-state index contributed by atoms with van der Waals surface area (Å²) in [4.78, 5) is 23.5. The molecule has 3 rings (SSSR count). The van der Waals surface area contributed by atoms with Crippen LogP contribution < -0.4 is 4.18 Å². The lowest BCUT2D eigenvalue weighted by Crippen LogP contribution is -2.10. The largest absolute Gasteiger partial charge is 0.379 e. The molecular formula is C21H15FO5S. The highest BCUT2D eigenvalue weighted by Crippen LogP contribution is 2.21. The first-order valence-corrected chi connectivity index (χ1v) is 9.63. The lowest BCUT2D eigenvalue weighted by molar-refractivity contribution is 0.101. The first kappa shape index (κ1) is 19.4. The molecule has 0 aliphatic rings. The Morgan fingerprint density at radius 2 is 1.21 bits per heavy atom. The highest BCUT2D eigenvalue weighted by atomic mass is 32.2. The van der Waals surface area contributed by atoms with Gasteiger partial charge >= 0.3 is 10.1 Å². The van der Waals surface area contributed by atoms with Gasteiger partial charge in [-0.15, -0.1) is 0 Å². The molecule has 0 fully saturated rings. The standard InChI is InChI=1S/C21H15FO5S/c1-14(23)15-6-12-20(13-7-15)28(25,26)27-19-10-4-17(5-11-19)21(24)16-2-8-18(22)9-3-16/h2-13H,1H3. The number of carbonyl (C=O) groups excluding carboxylic acids is 2. The van der Waals surface area contributed by atoms with Crippen LogP contribution in [0.2, 0.25) is 0 Å². The summed E-state index contributed by atoms with van der Waals surface area (Å²) in [5, 5.41) is 0. The molecule has 5 nitrogen and oxygen atoms in total. The van der Waals surface area contributed by atoms with Gasteiger partial charge in [0.2, 0.25) is 0 Å². The number of Topliss-reactive ketones (excluding diaryl/α,β-unsaturated/α-hetero) is 1. The van der Waals surface area contributed by atoms with Crippen LogP contribution in [0.25, 0.3) is 0 Å². The lowest BCUT2D eigenvalue weighted by atomic mass is 10.0. The van der Waals surface area contributed by atoms with Crippen molar-refractivity contribution < 1.29 is 26.6 Å². The van der Waals surface area contributed by atoms with Gasteiger partial charge in [-0.2, -0.15) is 8.42 Å². The molecule has 3 aromatic rings. The maximum absolute atomic E-state index is 13.0. The Bertz CT molecular complexity index is 1120. The third-order valence-electron chi connectivity index (χ3n) is 3.98. The summed E-state index contributed by atoms with van der Waals surface area (Å²) in [6, 6.07) is 16.1. The topological polar surface area (TPSA) is 77.5 Å². The van der Waals surface area contributed by atoms with Gasteiger partial charge in [-0.1, -0.05) is 12.1 Å². The average molecular weight is 398 g/mol. The fraction of sp³-hybridized carbons (Fsp3) is 0.0476. The molecule has 0 radical (unpaired) electrons. The highest BCUT2D eigenvalue weighted by Gasteiger charge is 2.17. The summed E-state index contributed by atoms with van der Waals surface area (Å²) in [7, 11) is -4.08. The van der Waals surface area contributed by atoms with E-state index in [1.54, 1.807) is 0 Å². The first-order chi connectivity index (χ1) is 13.3. The fourth-order valence-electron chi connectivity index (χ4n) is 2.46. The van der Waals surface area contributed by atoms with Crippen LogP contribution in [0.15, 0.2) is 77.7 Å². The van der Waals surface area contributed by atoms with Gasteiger partial charge in [0, 0.05) is 16.7 Å². The molecule has 7 heteroatoms. The van der Waals surface area contributed by atoms with Crippen LogP contribution in [0.5, 0.6) is 5.75 Å². The molecule has 0 amide bonds. The maximum atomic E-state index is 13.0. The van der Waals surface area contributed by atoms with Crippen molar-refractivity contribution in [3.8, 4) is 5.75 Å². The van der Waals surface area contributed by atoms with E-state index in [-0.39, 0.29) is 22.2 Å². The molecular weight excluding hydrogens is 383 g/mol. The molecule has 0 saturated carbocycles. The van der Waals surface area contributed by atoms with E-state index in [1.807, 2.05) is 0 Å². The van der Waals surface area contributed by atoms with Gasteiger partial charge in [0.15, 0.2) is 11.6 Å². The Kier molecular flexibility index (Phi) is 5.37. The van der Waals surface area contributed by atoms with Crippen LogP contribution in [-0.4, -0.2) is 20.0 Å². The molecule has 0 aliphatic heterocycles. The first-order valence-electron chi connectivity index (χ1n) is 8.22. The van der Waals surface area contributed by atoms with E-state index in [0.717, 1.165) is 0 Å². The smallest absolute Gasteiger partial charge is 0.339 e. The van der Waals surface area contributed by atoms with Gasteiger partial charge in [0.05, 0.1) is 0 Å². The minimum absolute atomic E-state index is 0.0336. The third kappa shape index (κ3) is 4.32. The molecule has 28 heavy (non-hydrogen) atoms. The van der Waals surface area contributed by atoms with Crippen LogP contribution in [0.3, 0.4) is 0 Å². The third-order valence-corrected chi connectivity index (χ3v) is 5.24. The van der Waals surface area contributed by atoms with E-state index in [9.17, 15) is 22.4 Å². The van der Waals surface area contributed by atoms with Gasteiger partial charge in [0.1, 0.15) is 16.5 Å². The highest BCUT2D eigenvalue weighted by molar-refractivity contribution is 7.87. The fourth-order valence-corrected chi connectivity index (χ4v) is 3.39. The van der Waals surface area contributed by atoms with Crippen molar-refractivity contribution in [3.05, 3.63) is 95.3 Å². The number of carbonyl (C=O) groups is 2. The Morgan fingerprint density at radius 3 is 1.71 bits per heavy atom. The SMILES string of the molecule is CC(=O)c1ccc(S(=O)(=O)Oc2ccc(C(=O)c3ccc(F)cc3)cc2)cc1. The van der Waals surface area contributed by atoms with Gasteiger partial charge in [-0.3, -0.25) is 9.59 Å². The van der Waals surface area contributed by atoms with Crippen LogP contribution in [-0.2, 0) is 10.1 Å². The summed E-state index contributed by atoms with van der Waals surface area (Å²) >= 11 is 0. The molecule has 0 aliphatic carbocycles. The zero-order valence-electron chi connectivity index (χ0n) is 14.8. The van der Waals surface area contributed by atoms with E-state index in [0.29, 0.717) is 16.7 Å². The molecule has 0 bridgehead atoms. The Hall–Kier alpha value is -3.32. The number of rotatable bonds is 6. The Morgan fingerprint density at radius 1 is 0.750 bits per heavy atom. The Labute approximate surface area is 161 Å². The van der Waals surface area contributed by atoms with Crippen LogP contribution in [0.4, 0.5) is 4.39 Å². The van der Waals surface area contributed by atoms with Gasteiger partial charge in [0.25, 0.3) is 0 Å². The molecule has 0 saturated heterocycles. The van der Waals surface area contributed by atoms with E-state index in [1.165, 1.54) is 79.7 Å². The Balaban J connectivity index is 1.77. The minimum atomic E-state index is -4.08. The molecule has 3 aromatic carbocycles. The number of ketones is 2. The molecule has 0 aromatic heterocycles. The van der Waals surface area contributed by atoms with Crippen LogP contribution in [0.1, 0.15) is 33.2 Å². The molecule has 0 atom stereocenters. The number of hydrogen-bond acceptors (Lipinski definition) is 5. The van der Waals surface area contributed by atoms with E-state index < -0.39 is 15.9 Å². The predicted octanol–water partition coefficient (Wildman–Crippen LogP) is 4.03. The van der Waals surface area contributed by atoms with Crippen molar-refractivity contribution >= 4 is 21.7 Å². The molecule has 0 unspecified atom stereocenters. The monoisotopic (exact) mass is 398 g/mol. The molecule has 0 spiro atoms. The van der Waals surface area contributed by atoms with Crippen molar-refractivity contribution in [2.75, 3.05) is 0 Å². The van der Waals surface area contributed by atoms with Gasteiger partial charge in [-0.25, -0.2) is 4.39 Å². The normalized spacial score (nSPS) is 11.1. The van der Waals surface area contributed by atoms with Crippen molar-refractivity contribution in [1.82, 2.24) is 0 Å². The van der Waals surface area contributed by atoms with E-state index >= 15 is 0 Å². The number of hydrogen-bond donors (Lipinski definition) is 0. The number of halogens is 1. The van der Waals surface area contributed by atoms with Crippen molar-refractivity contribution in [2.24, 2.45) is 0 Å². The lowest BCUT2D eigenvalue weighted by Gasteiger charge is -2.08. The van der Waals surface area contributed by atoms with Crippen LogP contribution in [0, 0.1) is 5.82 Å². The van der Waals surface area contributed by atoms with Crippen molar-refractivity contribution in [1.29, 1.82) is 0 Å². The average Bonchev–Trinajstić information content (AvgIpc) is 2.68. The quantitative estimate of drug-likeness (QED) is 0.463. The summed E-state index contributed by atoms with van der Waals surface area (Å²) < 4.78 is 42.7. The zero-order valence-corrected chi connectivity index (χ0v) is 15.6. The summed E-state index contributed by atoms with van der Waals surface area (Å²) in [5.41, 5.74) is 1.01. The van der Waals surface area contributed by atoms with Gasteiger partial charge < -0.3 is 4.18 Å². The minimum Gasteiger partial charge on any atom is -0.379 e. The van der Waals surface area contributed by atoms with Crippen LogP contribution >= 0.6 is 0 Å². The second-order valence-electron chi connectivity index (χ2n) is 5.98. The molecule has 0 N–H and O–H groups in total. The van der Waals surface area contributed by atoms with E-state index in [2.05, 4.69) is 0 Å². The molecule has 0 heterocycles. The van der Waals surface area contributed by atoms with Crippen molar-refractivity contribution in [3.63, 3.8) is 0 Å². The zero-order chi connectivity index (χ0) is 20.3. The summed E-state index contributed by atoms with van der Waals surface area (Å²) in [6.45, 7) is 1.38. The summed E-state index contributed by atoms with van der Waals surface area (Å²) in [5.74, 6) is -0.909. The number of benzene rings is 3. The molecule has 142 valence electrons. The second-order valence-corrected chi connectivity index (χ2v) is 7.52. The predicted molar refractivity (Wildman–Crippen MR) is 101 cm³/mol. The second kappa shape index (κ2) is 7.74. The van der Waals surface area contributed by atoms with Gasteiger partial charge in [-0.05, 0) is 67.6 Å². The van der Waals surface area contributed by atoms with Crippen molar-refractivity contribution in [2.45, 2.75) is 11.8 Å². The van der Waals surface area contributed by atoms with E-state index in [4.69, 9.17) is 4.18 Å². The maximum Gasteiger partial charge on any atom is 0.339 e. The summed E-state index contributed by atoms with van der Waals surface area (Å²) in [6.07, 6.45) is 0.